The van der Waals surface area contributed by atoms with Crippen LogP contribution in [0.2, 0.25) is 0 Å². The van der Waals surface area contributed by atoms with Gasteiger partial charge >= 0.3 is 6.18 Å². The van der Waals surface area contributed by atoms with E-state index in [4.69, 9.17) is 0 Å². The van der Waals surface area contributed by atoms with Crippen LogP contribution in [0.4, 0.5) is 17.6 Å². The first kappa shape index (κ1) is 17.6. The second-order valence-corrected chi connectivity index (χ2v) is 6.85. The maximum atomic E-state index is 14.2. The summed E-state index contributed by atoms with van der Waals surface area (Å²) in [4.78, 5) is 17.3. The van der Waals surface area contributed by atoms with Crippen molar-refractivity contribution in [1.82, 2.24) is 20.1 Å². The standard InChI is InChI=1S/C18H16F4N4O/c1-8-3-4-11(19)16-15(8)10-7-26(9(2)5-12(10)23-16)17(27)13-6-14(25-24-13)18(20,21)22/h3-4,6,9,23H,5,7H2,1-2H3,(H,24,25)/t9-/m0/s1. The molecule has 0 saturated carbocycles. The third-order valence-electron chi connectivity index (χ3n) is 5.03. The minimum absolute atomic E-state index is 0.174. The van der Waals surface area contributed by atoms with Crippen LogP contribution in [0, 0.1) is 12.7 Å². The maximum Gasteiger partial charge on any atom is 0.432 e. The van der Waals surface area contributed by atoms with E-state index in [0.29, 0.717) is 23.4 Å². The fraction of sp³-hybridized carbons (Fsp3) is 0.333. The molecule has 0 aliphatic carbocycles. The Morgan fingerprint density at radius 1 is 1.33 bits per heavy atom. The Morgan fingerprint density at radius 2 is 2.07 bits per heavy atom. The van der Waals surface area contributed by atoms with Crippen LogP contribution in [-0.4, -0.2) is 32.0 Å². The molecule has 1 aliphatic rings. The Balaban J connectivity index is 1.72. The lowest BCUT2D eigenvalue weighted by atomic mass is 9.97. The summed E-state index contributed by atoms with van der Waals surface area (Å²) in [7, 11) is 0. The smallest absolute Gasteiger partial charge is 0.356 e. The van der Waals surface area contributed by atoms with Gasteiger partial charge in [0.1, 0.15) is 11.5 Å². The van der Waals surface area contributed by atoms with Crippen molar-refractivity contribution in [2.24, 2.45) is 0 Å². The second kappa shape index (κ2) is 5.83. The molecule has 0 unspecified atom stereocenters. The van der Waals surface area contributed by atoms with E-state index in [1.807, 2.05) is 12.0 Å². The number of fused-ring (bicyclic) bond motifs is 3. The lowest BCUT2D eigenvalue weighted by Gasteiger charge is -2.33. The number of alkyl halides is 3. The minimum Gasteiger partial charge on any atom is -0.356 e. The summed E-state index contributed by atoms with van der Waals surface area (Å²) >= 11 is 0. The summed E-state index contributed by atoms with van der Waals surface area (Å²) in [6.45, 7) is 3.82. The van der Waals surface area contributed by atoms with Crippen molar-refractivity contribution < 1.29 is 22.4 Å². The number of carbonyl (C=O) groups excluding carboxylic acids is 1. The topological polar surface area (TPSA) is 64.8 Å². The van der Waals surface area contributed by atoms with Crippen LogP contribution in [0.5, 0.6) is 0 Å². The number of hydrogen-bond donors (Lipinski definition) is 2. The highest BCUT2D eigenvalue weighted by Gasteiger charge is 2.36. The highest BCUT2D eigenvalue weighted by atomic mass is 19.4. The van der Waals surface area contributed by atoms with Crippen molar-refractivity contribution in [2.45, 2.75) is 39.0 Å². The molecule has 5 nitrogen and oxygen atoms in total. The van der Waals surface area contributed by atoms with E-state index in [9.17, 15) is 22.4 Å². The summed E-state index contributed by atoms with van der Waals surface area (Å²) in [6, 6.07) is 3.49. The van der Waals surface area contributed by atoms with Crippen molar-refractivity contribution >= 4 is 16.8 Å². The summed E-state index contributed by atoms with van der Waals surface area (Å²) in [5.74, 6) is -0.971. The molecule has 0 spiro atoms. The van der Waals surface area contributed by atoms with Crippen molar-refractivity contribution in [1.29, 1.82) is 0 Å². The largest absolute Gasteiger partial charge is 0.432 e. The molecule has 0 saturated heterocycles. The zero-order valence-electron chi connectivity index (χ0n) is 14.5. The number of H-pyrrole nitrogens is 2. The molecule has 142 valence electrons. The zero-order chi connectivity index (χ0) is 19.5. The number of aromatic amines is 2. The van der Waals surface area contributed by atoms with Gasteiger partial charge < -0.3 is 9.88 Å². The lowest BCUT2D eigenvalue weighted by molar-refractivity contribution is -0.141. The molecular weight excluding hydrogens is 364 g/mol. The minimum atomic E-state index is -4.60. The Hall–Kier alpha value is -2.84. The number of aromatic nitrogens is 3. The quantitative estimate of drug-likeness (QED) is 0.628. The summed E-state index contributed by atoms with van der Waals surface area (Å²) in [6.07, 6.45) is -4.15. The molecule has 1 atom stereocenters. The van der Waals surface area contributed by atoms with Gasteiger partial charge in [0.2, 0.25) is 0 Å². The van der Waals surface area contributed by atoms with Crippen LogP contribution in [0.25, 0.3) is 10.9 Å². The number of aryl methyl sites for hydroxylation is 1. The highest BCUT2D eigenvalue weighted by molar-refractivity contribution is 5.94. The molecule has 3 aromatic rings. The first-order chi connectivity index (χ1) is 12.7. The van der Waals surface area contributed by atoms with Gasteiger partial charge in [-0.3, -0.25) is 9.89 Å². The van der Waals surface area contributed by atoms with Crippen molar-refractivity contribution in [2.75, 3.05) is 0 Å². The van der Waals surface area contributed by atoms with E-state index in [-0.39, 0.29) is 24.1 Å². The second-order valence-electron chi connectivity index (χ2n) is 6.85. The molecule has 9 heteroatoms. The SMILES string of the molecule is Cc1ccc(F)c2[nH]c3c(c12)CN(C(=O)c1cc(C(F)(F)F)[nH]n1)[C@@H](C)C3. The molecule has 27 heavy (non-hydrogen) atoms. The first-order valence-corrected chi connectivity index (χ1v) is 8.39. The number of nitrogens with one attached hydrogen (secondary N) is 2. The lowest BCUT2D eigenvalue weighted by Crippen LogP contribution is -2.42. The van der Waals surface area contributed by atoms with E-state index in [1.165, 1.54) is 11.0 Å². The molecular formula is C18H16F4N4O. The Bertz CT molecular complexity index is 1050. The van der Waals surface area contributed by atoms with Crippen LogP contribution in [-0.2, 0) is 19.1 Å². The van der Waals surface area contributed by atoms with Crippen LogP contribution in [0.1, 0.15) is 39.9 Å². The van der Waals surface area contributed by atoms with Gasteiger partial charge in [-0.05, 0) is 25.5 Å². The predicted molar refractivity (Wildman–Crippen MR) is 89.6 cm³/mol. The van der Waals surface area contributed by atoms with E-state index in [2.05, 4.69) is 10.1 Å². The van der Waals surface area contributed by atoms with E-state index in [1.54, 1.807) is 13.0 Å². The van der Waals surface area contributed by atoms with Crippen molar-refractivity contribution in [3.05, 3.63) is 52.2 Å². The number of amides is 1. The number of hydrogen-bond acceptors (Lipinski definition) is 2. The van der Waals surface area contributed by atoms with Crippen LogP contribution in [0.3, 0.4) is 0 Å². The van der Waals surface area contributed by atoms with Crippen LogP contribution in [0.15, 0.2) is 18.2 Å². The van der Waals surface area contributed by atoms with Gasteiger partial charge in [-0.1, -0.05) is 6.07 Å². The van der Waals surface area contributed by atoms with Gasteiger partial charge in [0.05, 0.1) is 5.52 Å². The highest BCUT2D eigenvalue weighted by Crippen LogP contribution is 2.34. The summed E-state index contributed by atoms with van der Waals surface area (Å²) < 4.78 is 52.4. The average Bonchev–Trinajstić information content (AvgIpc) is 3.22. The maximum absolute atomic E-state index is 14.2. The normalized spacial score (nSPS) is 17.4. The molecule has 0 bridgehead atoms. The molecule has 3 heterocycles. The van der Waals surface area contributed by atoms with Crippen LogP contribution >= 0.6 is 0 Å². The fourth-order valence-electron chi connectivity index (χ4n) is 3.65. The van der Waals surface area contributed by atoms with E-state index < -0.39 is 17.8 Å². The first-order valence-electron chi connectivity index (χ1n) is 8.39. The summed E-state index contributed by atoms with van der Waals surface area (Å²) in [5, 5.41) is 6.10. The van der Waals surface area contributed by atoms with Crippen LogP contribution < -0.4 is 0 Å². The van der Waals surface area contributed by atoms with E-state index >= 15 is 0 Å². The number of benzene rings is 1. The Labute approximate surface area is 151 Å². The molecule has 2 N–H and O–H groups in total. The molecule has 4 rings (SSSR count). The van der Waals surface area contributed by atoms with Gasteiger partial charge in [0.25, 0.3) is 5.91 Å². The number of carbonyl (C=O) groups is 1. The monoisotopic (exact) mass is 380 g/mol. The summed E-state index contributed by atoms with van der Waals surface area (Å²) in [5.41, 5.74) is 1.53. The zero-order valence-corrected chi connectivity index (χ0v) is 14.5. The number of rotatable bonds is 1. The predicted octanol–water partition coefficient (Wildman–Crippen LogP) is 3.94. The molecule has 1 aliphatic heterocycles. The molecule has 1 amide bonds. The molecule has 1 aromatic carbocycles. The Kier molecular flexibility index (Phi) is 3.79. The van der Waals surface area contributed by atoms with E-state index in [0.717, 1.165) is 16.8 Å². The number of nitrogens with zero attached hydrogens (tertiary/aromatic N) is 2. The fourth-order valence-corrected chi connectivity index (χ4v) is 3.65. The Morgan fingerprint density at radius 3 is 2.74 bits per heavy atom. The van der Waals surface area contributed by atoms with Gasteiger partial charge in [0.15, 0.2) is 5.69 Å². The molecule has 0 fully saturated rings. The average molecular weight is 380 g/mol. The molecule has 2 aromatic heterocycles. The third kappa shape index (κ3) is 2.77. The van der Waals surface area contributed by atoms with Gasteiger partial charge in [-0.25, -0.2) is 4.39 Å². The van der Waals surface area contributed by atoms with Gasteiger partial charge in [0, 0.05) is 41.7 Å². The molecule has 0 radical (unpaired) electrons. The van der Waals surface area contributed by atoms with Crippen molar-refractivity contribution in [3.63, 3.8) is 0 Å². The van der Waals surface area contributed by atoms with Crippen molar-refractivity contribution in [3.8, 4) is 0 Å². The number of halogens is 4. The third-order valence-corrected chi connectivity index (χ3v) is 5.03. The van der Waals surface area contributed by atoms with Gasteiger partial charge in [-0.15, -0.1) is 0 Å². The van der Waals surface area contributed by atoms with Gasteiger partial charge in [-0.2, -0.15) is 18.3 Å².